The van der Waals surface area contributed by atoms with E-state index in [9.17, 15) is 8.42 Å². The van der Waals surface area contributed by atoms with Crippen LogP contribution in [0, 0.1) is 17.8 Å². The molecule has 3 nitrogen and oxygen atoms in total. The molecule has 4 heteroatoms. The van der Waals surface area contributed by atoms with Gasteiger partial charge in [-0.05, 0) is 50.9 Å². The molecule has 0 aromatic carbocycles. The maximum Gasteiger partial charge on any atom is 0.148 e. The van der Waals surface area contributed by atoms with Crippen LogP contribution in [0.1, 0.15) is 39.5 Å². The molecule has 2 rings (SSSR count). The van der Waals surface area contributed by atoms with Crippen molar-refractivity contribution in [3.63, 3.8) is 0 Å². The minimum atomic E-state index is -2.87. The summed E-state index contributed by atoms with van der Waals surface area (Å²) in [5.41, 5.74) is 0. The average Bonchev–Trinajstić information content (AvgIpc) is 2.74. The fraction of sp³-hybridized carbons (Fsp3) is 1.00. The molecule has 0 radical (unpaired) electrons. The van der Waals surface area contributed by atoms with Gasteiger partial charge in [0, 0.05) is 18.3 Å². The molecule has 2 bridgehead atoms. The number of rotatable bonds is 5. The van der Waals surface area contributed by atoms with E-state index in [1.54, 1.807) is 0 Å². The first-order valence-electron chi connectivity index (χ1n) is 6.79. The molecule has 100 valence electrons. The van der Waals surface area contributed by atoms with Crippen molar-refractivity contribution in [3.05, 3.63) is 0 Å². The molecule has 1 N–H and O–H groups in total. The van der Waals surface area contributed by atoms with Crippen molar-refractivity contribution in [2.45, 2.75) is 51.6 Å². The molecule has 0 aliphatic heterocycles. The van der Waals surface area contributed by atoms with Gasteiger partial charge < -0.3 is 5.32 Å². The van der Waals surface area contributed by atoms with Crippen molar-refractivity contribution in [1.82, 2.24) is 5.32 Å². The smallest absolute Gasteiger partial charge is 0.148 e. The van der Waals surface area contributed by atoms with E-state index < -0.39 is 9.84 Å². The highest BCUT2D eigenvalue weighted by atomic mass is 32.2. The second kappa shape index (κ2) is 4.88. The first-order valence-corrected chi connectivity index (χ1v) is 8.85. The predicted octanol–water partition coefficient (Wildman–Crippen LogP) is 1.83. The Labute approximate surface area is 105 Å². The largest absolute Gasteiger partial charge is 0.310 e. The Kier molecular flexibility index (Phi) is 3.83. The topological polar surface area (TPSA) is 46.2 Å². The van der Waals surface area contributed by atoms with Crippen LogP contribution in [0.25, 0.3) is 0 Å². The van der Waals surface area contributed by atoms with Crippen LogP contribution < -0.4 is 5.32 Å². The highest BCUT2D eigenvalue weighted by Gasteiger charge is 2.41. The molecule has 0 heterocycles. The summed E-state index contributed by atoms with van der Waals surface area (Å²) < 4.78 is 22.5. The molecule has 0 spiro atoms. The molecule has 2 fully saturated rings. The lowest BCUT2D eigenvalue weighted by atomic mass is 9.84. The van der Waals surface area contributed by atoms with Crippen LogP contribution in [0.2, 0.25) is 0 Å². The van der Waals surface area contributed by atoms with Gasteiger partial charge in [-0.15, -0.1) is 0 Å². The summed E-state index contributed by atoms with van der Waals surface area (Å²) in [5.74, 6) is 2.88. The van der Waals surface area contributed by atoms with E-state index in [2.05, 4.69) is 12.2 Å². The fourth-order valence-corrected chi connectivity index (χ4v) is 4.99. The average molecular weight is 259 g/mol. The molecule has 17 heavy (non-hydrogen) atoms. The standard InChI is InChI=1S/C13H25NO2S/c1-9(8-17(3,15)16)14-10(2)13-7-11-4-5-12(13)6-11/h9-14H,4-8H2,1-3H3. The number of nitrogens with one attached hydrogen (secondary N) is 1. The molecule has 5 unspecified atom stereocenters. The second-order valence-corrected chi connectivity index (χ2v) is 8.47. The number of hydrogen-bond donors (Lipinski definition) is 1. The molecular formula is C13H25NO2S. The van der Waals surface area contributed by atoms with E-state index in [-0.39, 0.29) is 11.8 Å². The zero-order valence-corrected chi connectivity index (χ0v) is 12.0. The van der Waals surface area contributed by atoms with E-state index in [0.717, 1.165) is 17.8 Å². The molecule has 0 amide bonds. The third-order valence-corrected chi connectivity index (χ3v) is 5.64. The highest BCUT2D eigenvalue weighted by molar-refractivity contribution is 7.90. The van der Waals surface area contributed by atoms with Crippen LogP contribution in [0.4, 0.5) is 0 Å². The van der Waals surface area contributed by atoms with Gasteiger partial charge in [0.05, 0.1) is 5.75 Å². The maximum absolute atomic E-state index is 11.2. The summed E-state index contributed by atoms with van der Waals surface area (Å²) in [6, 6.07) is 0.529. The lowest BCUT2D eigenvalue weighted by Gasteiger charge is -2.30. The Hall–Kier alpha value is -0.0900. The van der Waals surface area contributed by atoms with Crippen LogP contribution in [0.5, 0.6) is 0 Å². The maximum atomic E-state index is 11.2. The van der Waals surface area contributed by atoms with Crippen molar-refractivity contribution < 1.29 is 8.42 Å². The van der Waals surface area contributed by atoms with Crippen molar-refractivity contribution in [1.29, 1.82) is 0 Å². The van der Waals surface area contributed by atoms with Gasteiger partial charge in [0.2, 0.25) is 0 Å². The number of sulfone groups is 1. The molecule has 2 aliphatic rings. The van der Waals surface area contributed by atoms with E-state index in [0.29, 0.717) is 6.04 Å². The van der Waals surface area contributed by atoms with E-state index in [1.807, 2.05) is 6.92 Å². The Bertz CT molecular complexity index is 366. The Morgan fingerprint density at radius 1 is 1.24 bits per heavy atom. The number of hydrogen-bond acceptors (Lipinski definition) is 3. The summed E-state index contributed by atoms with van der Waals surface area (Å²) >= 11 is 0. The molecule has 2 saturated carbocycles. The predicted molar refractivity (Wildman–Crippen MR) is 70.7 cm³/mol. The van der Waals surface area contributed by atoms with Crippen LogP contribution in [-0.4, -0.2) is 32.5 Å². The van der Waals surface area contributed by atoms with Gasteiger partial charge in [0.1, 0.15) is 9.84 Å². The molecular weight excluding hydrogens is 234 g/mol. The van der Waals surface area contributed by atoms with Gasteiger partial charge in [-0.2, -0.15) is 0 Å². The summed E-state index contributed by atoms with van der Waals surface area (Å²) in [6.07, 6.45) is 6.89. The lowest BCUT2D eigenvalue weighted by Crippen LogP contribution is -2.44. The first kappa shape index (κ1) is 13.3. The zero-order valence-electron chi connectivity index (χ0n) is 11.1. The third kappa shape index (κ3) is 3.44. The fourth-order valence-electron chi connectivity index (χ4n) is 3.98. The minimum absolute atomic E-state index is 0.0686. The molecule has 0 aromatic rings. The van der Waals surface area contributed by atoms with Crippen LogP contribution in [-0.2, 0) is 9.84 Å². The Morgan fingerprint density at radius 2 is 1.94 bits per heavy atom. The van der Waals surface area contributed by atoms with E-state index >= 15 is 0 Å². The van der Waals surface area contributed by atoms with Gasteiger partial charge in [0.15, 0.2) is 0 Å². The van der Waals surface area contributed by atoms with Crippen LogP contribution in [0.3, 0.4) is 0 Å². The van der Waals surface area contributed by atoms with Gasteiger partial charge in [0.25, 0.3) is 0 Å². The second-order valence-electron chi connectivity index (χ2n) is 6.29. The summed E-state index contributed by atoms with van der Waals surface area (Å²) in [6.45, 7) is 4.20. The number of fused-ring (bicyclic) bond motifs is 2. The van der Waals surface area contributed by atoms with Crippen molar-refractivity contribution in [3.8, 4) is 0 Å². The quantitative estimate of drug-likeness (QED) is 0.819. The van der Waals surface area contributed by atoms with Crippen molar-refractivity contribution >= 4 is 9.84 Å². The van der Waals surface area contributed by atoms with Crippen LogP contribution in [0.15, 0.2) is 0 Å². The van der Waals surface area contributed by atoms with Gasteiger partial charge in [-0.3, -0.25) is 0 Å². The first-order chi connectivity index (χ1) is 7.85. The summed E-state index contributed by atoms with van der Waals surface area (Å²) in [5, 5.41) is 3.48. The third-order valence-electron chi connectivity index (χ3n) is 4.54. The molecule has 0 aromatic heterocycles. The van der Waals surface area contributed by atoms with Crippen molar-refractivity contribution in [2.75, 3.05) is 12.0 Å². The van der Waals surface area contributed by atoms with Gasteiger partial charge in [-0.1, -0.05) is 6.42 Å². The van der Waals surface area contributed by atoms with Gasteiger partial charge in [-0.25, -0.2) is 8.42 Å². The SMILES string of the molecule is CC(CS(C)(=O)=O)NC(C)C1CC2CCC1C2. The Morgan fingerprint density at radius 3 is 2.41 bits per heavy atom. The zero-order chi connectivity index (χ0) is 12.6. The molecule has 2 aliphatic carbocycles. The van der Waals surface area contributed by atoms with E-state index in [4.69, 9.17) is 0 Å². The Balaban J connectivity index is 1.83. The van der Waals surface area contributed by atoms with Crippen molar-refractivity contribution in [2.24, 2.45) is 17.8 Å². The summed E-state index contributed by atoms with van der Waals surface area (Å²) in [7, 11) is -2.87. The molecule has 5 atom stereocenters. The lowest BCUT2D eigenvalue weighted by molar-refractivity contribution is 0.251. The minimum Gasteiger partial charge on any atom is -0.310 e. The normalized spacial score (nSPS) is 36.1. The monoisotopic (exact) mass is 259 g/mol. The highest BCUT2D eigenvalue weighted by Crippen LogP contribution is 2.49. The summed E-state index contributed by atoms with van der Waals surface area (Å²) in [4.78, 5) is 0. The molecule has 0 saturated heterocycles. The van der Waals surface area contributed by atoms with E-state index in [1.165, 1.54) is 31.9 Å². The van der Waals surface area contributed by atoms with Crippen LogP contribution >= 0.6 is 0 Å². The van der Waals surface area contributed by atoms with Gasteiger partial charge >= 0.3 is 0 Å².